The molecule has 1 saturated carbocycles. The van der Waals surface area contributed by atoms with Crippen molar-refractivity contribution in [3.63, 3.8) is 0 Å². The van der Waals surface area contributed by atoms with Crippen LogP contribution < -0.4 is 5.32 Å². The van der Waals surface area contributed by atoms with E-state index in [1.165, 1.54) is 11.3 Å². The largest absolute Gasteiger partial charge is 0.345 e. The Bertz CT molecular complexity index is 852. The van der Waals surface area contributed by atoms with Gasteiger partial charge in [-0.1, -0.05) is 12.1 Å². The lowest BCUT2D eigenvalue weighted by Gasteiger charge is -2.15. The number of hydrogen-bond acceptors (Lipinski definition) is 4. The molecule has 0 radical (unpaired) electrons. The third-order valence-electron chi connectivity index (χ3n) is 4.25. The van der Waals surface area contributed by atoms with E-state index in [2.05, 4.69) is 15.4 Å². The summed E-state index contributed by atoms with van der Waals surface area (Å²) < 4.78 is 1.81. The maximum Gasteiger partial charge on any atom is 0.263 e. The molecule has 2 aromatic heterocycles. The Labute approximate surface area is 144 Å². The summed E-state index contributed by atoms with van der Waals surface area (Å²) in [5, 5.41) is 7.35. The van der Waals surface area contributed by atoms with Gasteiger partial charge in [0.05, 0.1) is 22.9 Å². The molecule has 1 aromatic carbocycles. The van der Waals surface area contributed by atoms with Gasteiger partial charge in [-0.25, -0.2) is 9.67 Å². The highest BCUT2D eigenvalue weighted by Gasteiger charge is 2.31. The van der Waals surface area contributed by atoms with Crippen LogP contribution in [-0.2, 0) is 0 Å². The molecular weight excluding hydrogens is 320 g/mol. The number of aromatic nitrogens is 3. The van der Waals surface area contributed by atoms with Crippen molar-refractivity contribution in [2.45, 2.75) is 31.7 Å². The minimum Gasteiger partial charge on any atom is -0.345 e. The van der Waals surface area contributed by atoms with Gasteiger partial charge in [0.25, 0.3) is 5.91 Å². The molecule has 1 unspecified atom stereocenters. The molecule has 0 aliphatic heterocycles. The average molecular weight is 338 g/mol. The first-order valence-electron chi connectivity index (χ1n) is 8.06. The summed E-state index contributed by atoms with van der Waals surface area (Å²) in [6, 6.07) is 9.86. The second-order valence-corrected chi connectivity index (χ2v) is 6.94. The quantitative estimate of drug-likeness (QED) is 0.772. The van der Waals surface area contributed by atoms with E-state index in [-0.39, 0.29) is 11.9 Å². The van der Waals surface area contributed by atoms with Crippen molar-refractivity contribution in [2.24, 2.45) is 0 Å². The third-order valence-corrected chi connectivity index (χ3v) is 5.09. The molecule has 1 amide bonds. The molecular formula is C18H18N4OS. The smallest absolute Gasteiger partial charge is 0.263 e. The van der Waals surface area contributed by atoms with Crippen LogP contribution in [0.4, 0.5) is 0 Å². The Balaban J connectivity index is 1.51. The van der Waals surface area contributed by atoms with Crippen molar-refractivity contribution in [1.82, 2.24) is 20.1 Å². The molecule has 122 valence electrons. The fourth-order valence-electron chi connectivity index (χ4n) is 2.78. The number of carbonyl (C=O) groups is 1. The number of benzene rings is 1. The number of hydrogen-bond donors (Lipinski definition) is 1. The van der Waals surface area contributed by atoms with Gasteiger partial charge in [-0.15, -0.1) is 11.3 Å². The van der Waals surface area contributed by atoms with Crippen molar-refractivity contribution < 1.29 is 4.79 Å². The molecule has 2 heterocycles. The molecule has 4 rings (SSSR count). The van der Waals surface area contributed by atoms with Crippen molar-refractivity contribution in [1.29, 1.82) is 0 Å². The SMILES string of the molecule is CC(NC(=O)c1scnc1C1CC1)c1cccc(-n2cccn2)c1. The van der Waals surface area contributed by atoms with Gasteiger partial charge in [0.15, 0.2) is 0 Å². The van der Waals surface area contributed by atoms with E-state index in [0.717, 1.165) is 34.7 Å². The van der Waals surface area contributed by atoms with Crippen LogP contribution in [0, 0.1) is 0 Å². The van der Waals surface area contributed by atoms with E-state index < -0.39 is 0 Å². The summed E-state index contributed by atoms with van der Waals surface area (Å²) in [6.45, 7) is 2.00. The molecule has 0 spiro atoms. The van der Waals surface area contributed by atoms with Crippen LogP contribution in [0.1, 0.15) is 52.7 Å². The Morgan fingerprint density at radius 2 is 2.25 bits per heavy atom. The normalized spacial score (nSPS) is 15.2. The lowest BCUT2D eigenvalue weighted by Crippen LogP contribution is -2.26. The van der Waals surface area contributed by atoms with Gasteiger partial charge >= 0.3 is 0 Å². The minimum atomic E-state index is -0.0813. The molecule has 1 aliphatic carbocycles. The first-order valence-corrected chi connectivity index (χ1v) is 8.94. The van der Waals surface area contributed by atoms with Gasteiger partial charge in [0.2, 0.25) is 0 Å². The number of nitrogens with one attached hydrogen (secondary N) is 1. The summed E-state index contributed by atoms with van der Waals surface area (Å²) in [6.07, 6.45) is 5.94. The zero-order chi connectivity index (χ0) is 16.5. The average Bonchev–Trinajstić information content (AvgIpc) is 3.11. The maximum atomic E-state index is 12.6. The fraction of sp³-hybridized carbons (Fsp3) is 0.278. The second-order valence-electron chi connectivity index (χ2n) is 6.08. The molecule has 1 fully saturated rings. The van der Waals surface area contributed by atoms with E-state index in [9.17, 15) is 4.79 Å². The monoisotopic (exact) mass is 338 g/mol. The van der Waals surface area contributed by atoms with Crippen LogP contribution >= 0.6 is 11.3 Å². The molecule has 1 atom stereocenters. The van der Waals surface area contributed by atoms with Gasteiger partial charge < -0.3 is 5.32 Å². The summed E-state index contributed by atoms with van der Waals surface area (Å²) >= 11 is 1.43. The summed E-state index contributed by atoms with van der Waals surface area (Å²) in [4.78, 5) is 17.7. The van der Waals surface area contributed by atoms with E-state index in [1.807, 2.05) is 48.1 Å². The molecule has 1 N–H and O–H groups in total. The predicted octanol–water partition coefficient (Wildman–Crippen LogP) is 3.70. The van der Waals surface area contributed by atoms with Crippen LogP contribution in [0.25, 0.3) is 5.69 Å². The molecule has 24 heavy (non-hydrogen) atoms. The highest BCUT2D eigenvalue weighted by Crippen LogP contribution is 2.41. The van der Waals surface area contributed by atoms with Gasteiger partial charge in [0, 0.05) is 18.3 Å². The van der Waals surface area contributed by atoms with Gasteiger partial charge in [-0.2, -0.15) is 5.10 Å². The van der Waals surface area contributed by atoms with E-state index >= 15 is 0 Å². The van der Waals surface area contributed by atoms with Crippen LogP contribution in [-0.4, -0.2) is 20.7 Å². The van der Waals surface area contributed by atoms with Crippen molar-refractivity contribution >= 4 is 17.2 Å². The Kier molecular flexibility index (Phi) is 3.90. The van der Waals surface area contributed by atoms with Crippen LogP contribution in [0.3, 0.4) is 0 Å². The Morgan fingerprint density at radius 3 is 3.00 bits per heavy atom. The number of amides is 1. The van der Waals surface area contributed by atoms with Crippen molar-refractivity contribution in [2.75, 3.05) is 0 Å². The zero-order valence-electron chi connectivity index (χ0n) is 13.3. The first-order chi connectivity index (χ1) is 11.7. The Morgan fingerprint density at radius 1 is 1.38 bits per heavy atom. The Hall–Kier alpha value is -2.47. The lowest BCUT2D eigenvalue weighted by molar-refractivity contribution is 0.0943. The fourth-order valence-corrected chi connectivity index (χ4v) is 3.55. The van der Waals surface area contributed by atoms with Crippen molar-refractivity contribution in [3.05, 3.63) is 64.4 Å². The number of carbonyl (C=O) groups excluding carboxylic acids is 1. The molecule has 6 heteroatoms. The molecule has 3 aromatic rings. The number of thiazole rings is 1. The van der Waals surface area contributed by atoms with Gasteiger partial charge in [-0.3, -0.25) is 4.79 Å². The maximum absolute atomic E-state index is 12.6. The van der Waals surface area contributed by atoms with E-state index in [1.54, 1.807) is 11.7 Å². The number of rotatable bonds is 5. The highest BCUT2D eigenvalue weighted by molar-refractivity contribution is 7.11. The molecule has 0 saturated heterocycles. The second kappa shape index (κ2) is 6.20. The van der Waals surface area contributed by atoms with Crippen molar-refractivity contribution in [3.8, 4) is 5.69 Å². The summed E-state index contributed by atoms with van der Waals surface area (Å²) in [5.74, 6) is 0.451. The van der Waals surface area contributed by atoms with Gasteiger partial charge in [0.1, 0.15) is 4.88 Å². The van der Waals surface area contributed by atoms with Crippen LogP contribution in [0.2, 0.25) is 0 Å². The van der Waals surface area contributed by atoms with Gasteiger partial charge in [-0.05, 0) is 43.5 Å². The number of nitrogens with zero attached hydrogens (tertiary/aromatic N) is 3. The summed E-state index contributed by atoms with van der Waals surface area (Å²) in [5.41, 5.74) is 4.77. The topological polar surface area (TPSA) is 59.8 Å². The van der Waals surface area contributed by atoms with E-state index in [4.69, 9.17) is 0 Å². The van der Waals surface area contributed by atoms with Crippen LogP contribution in [0.5, 0.6) is 0 Å². The molecule has 0 bridgehead atoms. The first kappa shape index (κ1) is 15.1. The van der Waals surface area contributed by atoms with E-state index in [0.29, 0.717) is 5.92 Å². The molecule has 5 nitrogen and oxygen atoms in total. The third kappa shape index (κ3) is 2.97. The lowest BCUT2D eigenvalue weighted by atomic mass is 10.1. The minimum absolute atomic E-state index is 0.0311. The highest BCUT2D eigenvalue weighted by atomic mass is 32.1. The predicted molar refractivity (Wildman–Crippen MR) is 93.5 cm³/mol. The summed E-state index contributed by atoms with van der Waals surface area (Å²) in [7, 11) is 0. The molecule has 1 aliphatic rings. The standard InChI is InChI=1S/C18H18N4OS/c1-12(14-4-2-5-15(10-14)22-9-3-8-20-22)21-18(23)17-16(13-6-7-13)19-11-24-17/h2-5,8-13H,6-7H2,1H3,(H,21,23). The zero-order valence-corrected chi connectivity index (χ0v) is 14.2. The van der Waals surface area contributed by atoms with Crippen LogP contribution in [0.15, 0.2) is 48.2 Å².